The minimum atomic E-state index is -1.08. The molecule has 10 nitrogen and oxygen atoms in total. The SMILES string of the molecule is CC(C)n1c(=O)n(-c2c(F)cc(C#Cc3ccccc3)cc2F)c(=O)c2nsnc21.Cc1cccc2c1c(=O)n(-c1ccc(C#Cc3ccccc3)cc1Cl)c(=O)n2C. The molecule has 0 unspecified atom stereocenters. The van der Waals surface area contributed by atoms with Crippen LogP contribution in [0, 0.1) is 42.2 Å². The summed E-state index contributed by atoms with van der Waals surface area (Å²) >= 11 is 7.21. The van der Waals surface area contributed by atoms with Gasteiger partial charge in [0, 0.05) is 35.3 Å². The summed E-state index contributed by atoms with van der Waals surface area (Å²) in [6.45, 7) is 5.25. The molecule has 0 aliphatic heterocycles. The molecule has 0 N–H and O–H groups in total. The van der Waals surface area contributed by atoms with Crippen LogP contribution in [0.4, 0.5) is 8.78 Å². The van der Waals surface area contributed by atoms with Crippen LogP contribution in [0.3, 0.4) is 0 Å². The van der Waals surface area contributed by atoms with Crippen LogP contribution in [0.15, 0.2) is 128 Å². The second-order valence-electron chi connectivity index (χ2n) is 13.5. The third-order valence-corrected chi connectivity index (χ3v) is 10.0. The van der Waals surface area contributed by atoms with E-state index in [2.05, 4.69) is 32.4 Å². The maximum absolute atomic E-state index is 14.9. The van der Waals surface area contributed by atoms with Crippen LogP contribution in [0.2, 0.25) is 5.02 Å². The lowest BCUT2D eigenvalue weighted by Gasteiger charge is -2.14. The molecule has 3 aromatic heterocycles. The van der Waals surface area contributed by atoms with Gasteiger partial charge >= 0.3 is 11.4 Å². The first kappa shape index (κ1) is 40.0. The van der Waals surface area contributed by atoms with Gasteiger partial charge in [0.2, 0.25) is 0 Å². The first-order valence-corrected chi connectivity index (χ1v) is 19.1. The van der Waals surface area contributed by atoms with Crippen molar-refractivity contribution in [1.82, 2.24) is 27.0 Å². The number of aromatic nitrogens is 6. The molecular formula is C45H31ClF2N6O4S. The summed E-state index contributed by atoms with van der Waals surface area (Å²) in [5.41, 5.74) is 0.635. The van der Waals surface area contributed by atoms with Crippen molar-refractivity contribution in [3.05, 3.63) is 195 Å². The fourth-order valence-electron chi connectivity index (χ4n) is 6.35. The number of benzene rings is 5. The highest BCUT2D eigenvalue weighted by Gasteiger charge is 2.24. The zero-order chi connectivity index (χ0) is 42.0. The van der Waals surface area contributed by atoms with E-state index in [4.69, 9.17) is 11.6 Å². The van der Waals surface area contributed by atoms with E-state index in [9.17, 15) is 28.0 Å². The molecule has 3 heterocycles. The van der Waals surface area contributed by atoms with Crippen LogP contribution in [0.25, 0.3) is 33.4 Å². The summed E-state index contributed by atoms with van der Waals surface area (Å²) in [4.78, 5) is 51.8. The molecule has 5 aromatic carbocycles. The Morgan fingerprint density at radius 2 is 1.25 bits per heavy atom. The molecule has 0 saturated heterocycles. The quantitative estimate of drug-likeness (QED) is 0.173. The summed E-state index contributed by atoms with van der Waals surface area (Å²) in [7, 11) is 1.65. The topological polar surface area (TPSA) is 114 Å². The highest BCUT2D eigenvalue weighted by atomic mass is 35.5. The van der Waals surface area contributed by atoms with Gasteiger partial charge in [0.25, 0.3) is 11.1 Å². The molecule has 8 rings (SSSR count). The van der Waals surface area contributed by atoms with Gasteiger partial charge in [0.1, 0.15) is 5.69 Å². The maximum Gasteiger partial charge on any atom is 0.337 e. The first-order chi connectivity index (χ1) is 28.3. The van der Waals surface area contributed by atoms with E-state index in [1.54, 1.807) is 69.4 Å². The second kappa shape index (κ2) is 16.7. The van der Waals surface area contributed by atoms with Crippen molar-refractivity contribution in [2.24, 2.45) is 7.05 Å². The van der Waals surface area contributed by atoms with E-state index in [1.807, 2.05) is 55.5 Å². The Morgan fingerprint density at radius 1 is 0.661 bits per heavy atom. The average molecular weight is 825 g/mol. The molecule has 292 valence electrons. The van der Waals surface area contributed by atoms with Crippen LogP contribution in [0.5, 0.6) is 0 Å². The number of hydrogen-bond acceptors (Lipinski definition) is 7. The first-order valence-electron chi connectivity index (χ1n) is 18.0. The fourth-order valence-corrected chi connectivity index (χ4v) is 7.15. The average Bonchev–Trinajstić information content (AvgIpc) is 3.71. The summed E-state index contributed by atoms with van der Waals surface area (Å²) in [6, 6.07) is 30.7. The number of nitrogens with zero attached hydrogens (tertiary/aromatic N) is 6. The van der Waals surface area contributed by atoms with E-state index >= 15 is 0 Å². The highest BCUT2D eigenvalue weighted by Crippen LogP contribution is 2.22. The standard InChI is InChI=1S/C24H17ClN2O2.C21H14F2N4O2S/c1-16-7-6-10-21-22(16)23(28)27(24(29)26(21)2)20-14-13-18(15-19(20)25)12-11-17-8-4-3-5-9-17;1-12(2)26-19-17(24-30-25-19)20(28)27(21(26)29)18-15(22)10-14(11-16(18)23)9-8-13-6-4-3-5-7-13/h3-10,13-15H,1-2H3;3-7,10-12H,1-2H3. The summed E-state index contributed by atoms with van der Waals surface area (Å²) in [5, 5.41) is 0.788. The van der Waals surface area contributed by atoms with Crippen molar-refractivity contribution in [2.75, 3.05) is 0 Å². The molecule has 0 saturated carbocycles. The van der Waals surface area contributed by atoms with E-state index in [-0.39, 0.29) is 27.3 Å². The molecule has 0 aliphatic rings. The minimum absolute atomic E-state index is 0.0752. The third kappa shape index (κ3) is 7.90. The van der Waals surface area contributed by atoms with Gasteiger partial charge in [0.15, 0.2) is 22.8 Å². The lowest BCUT2D eigenvalue weighted by atomic mass is 10.1. The van der Waals surface area contributed by atoms with Gasteiger partial charge < -0.3 is 0 Å². The highest BCUT2D eigenvalue weighted by molar-refractivity contribution is 7.00. The predicted octanol–water partition coefficient (Wildman–Crippen LogP) is 7.31. The van der Waals surface area contributed by atoms with Gasteiger partial charge in [-0.15, -0.1) is 0 Å². The van der Waals surface area contributed by atoms with Crippen molar-refractivity contribution in [3.63, 3.8) is 0 Å². The Labute approximate surface area is 344 Å². The van der Waals surface area contributed by atoms with Gasteiger partial charge in [-0.05, 0) is 87.0 Å². The zero-order valence-corrected chi connectivity index (χ0v) is 33.4. The molecule has 0 radical (unpaired) electrons. The zero-order valence-electron chi connectivity index (χ0n) is 31.8. The van der Waals surface area contributed by atoms with Crippen molar-refractivity contribution < 1.29 is 8.78 Å². The number of fused-ring (bicyclic) bond motifs is 2. The van der Waals surface area contributed by atoms with Gasteiger partial charge in [0.05, 0.1) is 33.3 Å². The number of halogens is 3. The minimum Gasteiger partial charge on any atom is -0.296 e. The molecular weight excluding hydrogens is 794 g/mol. The Bertz CT molecular complexity index is 3290. The molecule has 0 spiro atoms. The lowest BCUT2D eigenvalue weighted by Crippen LogP contribution is -2.40. The van der Waals surface area contributed by atoms with Crippen LogP contribution >= 0.6 is 23.3 Å². The fraction of sp³-hybridized carbons (Fsp3) is 0.111. The Balaban J connectivity index is 0.000000179. The molecule has 0 bridgehead atoms. The van der Waals surface area contributed by atoms with Gasteiger partial charge in [-0.25, -0.2) is 27.5 Å². The second-order valence-corrected chi connectivity index (χ2v) is 14.4. The van der Waals surface area contributed by atoms with Crippen molar-refractivity contribution in [2.45, 2.75) is 26.8 Å². The summed E-state index contributed by atoms with van der Waals surface area (Å²) in [6.07, 6.45) is 0. The Morgan fingerprint density at radius 3 is 1.85 bits per heavy atom. The predicted molar refractivity (Wildman–Crippen MR) is 227 cm³/mol. The number of rotatable bonds is 3. The van der Waals surface area contributed by atoms with E-state index in [0.29, 0.717) is 32.3 Å². The summed E-state index contributed by atoms with van der Waals surface area (Å²) in [5.74, 6) is 9.46. The van der Waals surface area contributed by atoms with Crippen LogP contribution in [0.1, 0.15) is 47.7 Å². The van der Waals surface area contributed by atoms with Crippen molar-refractivity contribution in [3.8, 4) is 35.1 Å². The lowest BCUT2D eigenvalue weighted by molar-refractivity contribution is 0.534. The molecule has 0 aliphatic carbocycles. The van der Waals surface area contributed by atoms with Crippen LogP contribution < -0.4 is 22.5 Å². The monoisotopic (exact) mass is 824 g/mol. The van der Waals surface area contributed by atoms with Gasteiger partial charge in [-0.3, -0.25) is 18.7 Å². The number of hydrogen-bond donors (Lipinski definition) is 0. The number of aryl methyl sites for hydroxylation is 2. The summed E-state index contributed by atoms with van der Waals surface area (Å²) < 4.78 is 41.9. The van der Waals surface area contributed by atoms with Gasteiger partial charge in [-0.1, -0.05) is 83.8 Å². The molecule has 8 aromatic rings. The molecule has 14 heteroatoms. The normalized spacial score (nSPS) is 10.8. The van der Waals surface area contributed by atoms with Crippen molar-refractivity contribution >= 4 is 45.4 Å². The smallest absolute Gasteiger partial charge is 0.296 e. The van der Waals surface area contributed by atoms with Crippen LogP contribution in [-0.4, -0.2) is 27.0 Å². The van der Waals surface area contributed by atoms with E-state index < -0.39 is 40.3 Å². The molecule has 0 atom stereocenters. The van der Waals surface area contributed by atoms with Gasteiger partial charge in [-0.2, -0.15) is 8.75 Å². The van der Waals surface area contributed by atoms with E-state index in [1.165, 1.54) is 9.13 Å². The van der Waals surface area contributed by atoms with Crippen LogP contribution in [-0.2, 0) is 7.05 Å². The van der Waals surface area contributed by atoms with E-state index in [0.717, 1.165) is 39.6 Å². The Kier molecular flexibility index (Phi) is 11.3. The Hall–Kier alpha value is -7.19. The third-order valence-electron chi connectivity index (χ3n) is 9.21. The van der Waals surface area contributed by atoms with Crippen molar-refractivity contribution in [1.29, 1.82) is 0 Å². The largest absolute Gasteiger partial charge is 0.337 e. The molecule has 0 amide bonds. The maximum atomic E-state index is 14.9. The molecule has 0 fully saturated rings. The molecule has 59 heavy (non-hydrogen) atoms.